The molecule has 0 amide bonds. The molecule has 3 aromatic heterocycles. The molecule has 0 saturated heterocycles. The van der Waals surface area contributed by atoms with Gasteiger partial charge in [0.05, 0.1) is 16.3 Å². The molecule has 6 rings (SSSR count). The van der Waals surface area contributed by atoms with Crippen LogP contribution in [0.15, 0.2) is 81.7 Å². The molecule has 0 bridgehead atoms. The molecule has 1 aliphatic heterocycles. The summed E-state index contributed by atoms with van der Waals surface area (Å²) >= 11 is 3.16. The highest BCUT2D eigenvalue weighted by Crippen LogP contribution is 2.42. The zero-order valence-electron chi connectivity index (χ0n) is 16.0. The van der Waals surface area contributed by atoms with Crippen molar-refractivity contribution in [2.45, 2.75) is 18.9 Å². The van der Waals surface area contributed by atoms with Crippen molar-refractivity contribution in [1.29, 1.82) is 0 Å². The molecule has 1 aromatic carbocycles. The van der Waals surface area contributed by atoms with Crippen LogP contribution in [0.25, 0.3) is 11.8 Å². The van der Waals surface area contributed by atoms with Gasteiger partial charge in [-0.05, 0) is 53.1 Å². The second-order valence-electron chi connectivity index (χ2n) is 7.42. The Balaban J connectivity index is 1.64. The Bertz CT molecular complexity index is 1460. The highest BCUT2D eigenvalue weighted by Gasteiger charge is 2.32. The van der Waals surface area contributed by atoms with E-state index in [9.17, 15) is 4.79 Å². The highest BCUT2D eigenvalue weighted by atomic mass is 32.1. The van der Waals surface area contributed by atoms with Crippen LogP contribution in [0, 0.1) is 0 Å². The van der Waals surface area contributed by atoms with Crippen LogP contribution in [0.4, 0.5) is 0 Å². The summed E-state index contributed by atoms with van der Waals surface area (Å²) in [5, 5.41) is 2.08. The summed E-state index contributed by atoms with van der Waals surface area (Å²) < 4.78 is 2.59. The summed E-state index contributed by atoms with van der Waals surface area (Å²) in [7, 11) is 0. The maximum absolute atomic E-state index is 13.5. The maximum atomic E-state index is 13.5. The van der Waals surface area contributed by atoms with E-state index in [4.69, 9.17) is 4.99 Å². The van der Waals surface area contributed by atoms with Gasteiger partial charge in [0.1, 0.15) is 0 Å². The van der Waals surface area contributed by atoms with Gasteiger partial charge in [-0.3, -0.25) is 14.3 Å². The first kappa shape index (κ1) is 17.7. The van der Waals surface area contributed by atoms with Crippen molar-refractivity contribution in [2.75, 3.05) is 0 Å². The Morgan fingerprint density at radius 3 is 2.83 bits per heavy atom. The average molecular weight is 428 g/mol. The minimum Gasteiger partial charge on any atom is -0.271 e. The molecule has 0 N–H and O–H groups in total. The van der Waals surface area contributed by atoms with Crippen molar-refractivity contribution in [3.8, 4) is 0 Å². The molecule has 2 aliphatic rings. The number of hydrogen-bond acceptors (Lipinski definition) is 5. The van der Waals surface area contributed by atoms with Crippen LogP contribution >= 0.6 is 22.7 Å². The van der Waals surface area contributed by atoms with Gasteiger partial charge in [-0.25, -0.2) is 4.99 Å². The summed E-state index contributed by atoms with van der Waals surface area (Å²) in [4.78, 5) is 24.6. The van der Waals surface area contributed by atoms with Gasteiger partial charge in [0.2, 0.25) is 0 Å². The van der Waals surface area contributed by atoms with E-state index < -0.39 is 0 Å². The van der Waals surface area contributed by atoms with Crippen molar-refractivity contribution in [3.05, 3.63) is 113 Å². The van der Waals surface area contributed by atoms with E-state index in [2.05, 4.69) is 46.8 Å². The summed E-state index contributed by atoms with van der Waals surface area (Å²) in [6.07, 6.45) is 7.33. The first-order chi connectivity index (χ1) is 14.8. The Labute approximate surface area is 180 Å². The quantitative estimate of drug-likeness (QED) is 0.489. The second-order valence-corrected chi connectivity index (χ2v) is 9.40. The number of pyridine rings is 1. The molecule has 0 fully saturated rings. The lowest BCUT2D eigenvalue weighted by Crippen LogP contribution is -2.38. The smallest absolute Gasteiger partial charge is 0.271 e. The van der Waals surface area contributed by atoms with Crippen LogP contribution in [0.5, 0.6) is 0 Å². The predicted octanol–water partition coefficient (Wildman–Crippen LogP) is 3.78. The standard InChI is InChI=1S/C24H17N3OS2/c28-23-20(13-15-5-3-11-25-14-15)30-24-26-21-17-7-2-1-6-16(17)9-10-18(21)22(27(23)24)19-8-4-12-29-19/h1-8,11-14,22H,9-10H2. The molecule has 4 aromatic rings. The van der Waals surface area contributed by atoms with E-state index in [0.717, 1.165) is 28.9 Å². The molecule has 1 aliphatic carbocycles. The molecule has 4 nitrogen and oxygen atoms in total. The van der Waals surface area contributed by atoms with E-state index >= 15 is 0 Å². The van der Waals surface area contributed by atoms with Crippen LogP contribution < -0.4 is 14.9 Å². The molecule has 30 heavy (non-hydrogen) atoms. The number of fused-ring (bicyclic) bond motifs is 3. The van der Waals surface area contributed by atoms with Gasteiger partial charge in [-0.15, -0.1) is 11.3 Å². The molecule has 0 saturated carbocycles. The number of allylic oxidation sites excluding steroid dienone is 1. The van der Waals surface area contributed by atoms with E-state index in [1.165, 1.54) is 32.9 Å². The molecule has 0 radical (unpaired) electrons. The molecular weight excluding hydrogens is 410 g/mol. The number of nitrogens with zero attached hydrogens (tertiary/aromatic N) is 3. The molecule has 146 valence electrons. The summed E-state index contributed by atoms with van der Waals surface area (Å²) in [5.41, 5.74) is 5.77. The molecule has 1 unspecified atom stereocenters. The zero-order valence-corrected chi connectivity index (χ0v) is 17.6. The molecule has 4 heterocycles. The van der Waals surface area contributed by atoms with Crippen molar-refractivity contribution >= 4 is 34.4 Å². The van der Waals surface area contributed by atoms with Crippen LogP contribution in [0.2, 0.25) is 0 Å². The third kappa shape index (κ3) is 2.75. The number of aryl methyl sites for hydroxylation is 1. The molecular formula is C24H17N3OS2. The van der Waals surface area contributed by atoms with E-state index in [-0.39, 0.29) is 11.6 Å². The van der Waals surface area contributed by atoms with Crippen LogP contribution in [0.1, 0.15) is 34.0 Å². The lowest BCUT2D eigenvalue weighted by atomic mass is 9.85. The predicted molar refractivity (Wildman–Crippen MR) is 121 cm³/mol. The highest BCUT2D eigenvalue weighted by molar-refractivity contribution is 7.10. The maximum Gasteiger partial charge on any atom is 0.271 e. The largest absolute Gasteiger partial charge is 0.271 e. The van der Waals surface area contributed by atoms with E-state index in [1.54, 1.807) is 23.7 Å². The number of benzene rings is 1. The van der Waals surface area contributed by atoms with Crippen molar-refractivity contribution in [3.63, 3.8) is 0 Å². The SMILES string of the molecule is O=c1c(=Cc2cccnc2)sc2n1C(c1cccs1)C1=C(N=2)c2ccccc2CC1. The monoisotopic (exact) mass is 427 g/mol. The van der Waals surface area contributed by atoms with Gasteiger partial charge >= 0.3 is 0 Å². The Hall–Kier alpha value is -3.09. The third-order valence-corrected chi connectivity index (χ3v) is 7.58. The first-order valence-electron chi connectivity index (χ1n) is 9.86. The number of rotatable bonds is 2. The van der Waals surface area contributed by atoms with Gasteiger partial charge in [0.25, 0.3) is 5.56 Å². The zero-order chi connectivity index (χ0) is 20.1. The number of hydrogen-bond donors (Lipinski definition) is 0. The third-order valence-electron chi connectivity index (χ3n) is 5.67. The van der Waals surface area contributed by atoms with Crippen LogP contribution in [-0.2, 0) is 6.42 Å². The average Bonchev–Trinajstić information content (AvgIpc) is 3.42. The lowest BCUT2D eigenvalue weighted by Gasteiger charge is -2.30. The van der Waals surface area contributed by atoms with E-state index in [0.29, 0.717) is 4.53 Å². The van der Waals surface area contributed by atoms with Crippen LogP contribution in [0.3, 0.4) is 0 Å². The number of aromatic nitrogens is 2. The normalized spacial score (nSPS) is 17.9. The summed E-state index contributed by atoms with van der Waals surface area (Å²) in [6, 6.07) is 16.5. The van der Waals surface area contributed by atoms with Crippen LogP contribution in [-0.4, -0.2) is 9.55 Å². The van der Waals surface area contributed by atoms with Gasteiger partial charge in [-0.1, -0.05) is 47.7 Å². The lowest BCUT2D eigenvalue weighted by molar-refractivity contribution is 0.593. The van der Waals surface area contributed by atoms with E-state index in [1.807, 2.05) is 22.8 Å². The molecule has 0 spiro atoms. The minimum atomic E-state index is -0.0827. The van der Waals surface area contributed by atoms with Crippen molar-refractivity contribution in [1.82, 2.24) is 9.55 Å². The Morgan fingerprint density at radius 2 is 2.00 bits per heavy atom. The first-order valence-corrected chi connectivity index (χ1v) is 11.6. The number of thiophene rings is 1. The number of thiazole rings is 1. The van der Waals surface area contributed by atoms with Crippen molar-refractivity contribution in [2.24, 2.45) is 4.99 Å². The molecule has 1 atom stereocenters. The van der Waals surface area contributed by atoms with Crippen molar-refractivity contribution < 1.29 is 0 Å². The fourth-order valence-corrected chi connectivity index (χ4v) is 6.18. The van der Waals surface area contributed by atoms with Gasteiger partial charge < -0.3 is 0 Å². The summed E-state index contributed by atoms with van der Waals surface area (Å²) in [6.45, 7) is 0. The van der Waals surface area contributed by atoms with Gasteiger partial charge in [0, 0.05) is 22.8 Å². The fourth-order valence-electron chi connectivity index (χ4n) is 4.33. The molecule has 6 heteroatoms. The second kappa shape index (κ2) is 7.00. The Morgan fingerprint density at radius 1 is 1.07 bits per heavy atom. The topological polar surface area (TPSA) is 47.2 Å². The summed E-state index contributed by atoms with van der Waals surface area (Å²) in [5.74, 6) is 0. The Kier molecular flexibility index (Phi) is 4.14. The fraction of sp³-hybridized carbons (Fsp3) is 0.125. The van der Waals surface area contributed by atoms with Gasteiger partial charge in [0.15, 0.2) is 4.80 Å². The van der Waals surface area contributed by atoms with Gasteiger partial charge in [-0.2, -0.15) is 0 Å². The minimum absolute atomic E-state index is 0.0198.